The van der Waals surface area contributed by atoms with Gasteiger partial charge in [0, 0.05) is 16.0 Å². The van der Waals surface area contributed by atoms with E-state index in [0.717, 1.165) is 14.6 Å². The predicted molar refractivity (Wildman–Crippen MR) is 53.2 cm³/mol. The fourth-order valence-electron chi connectivity index (χ4n) is 0.958. The number of aromatic amines is 1. The smallest absolute Gasteiger partial charge is 0.318 e. The molecule has 62 valence electrons. The number of rotatable bonds is 1. The van der Waals surface area contributed by atoms with Crippen molar-refractivity contribution in [1.82, 2.24) is 15.0 Å². The second-order valence-corrected chi connectivity index (χ2v) is 3.42. The van der Waals surface area contributed by atoms with Crippen molar-refractivity contribution < 1.29 is 4.74 Å². The van der Waals surface area contributed by atoms with Crippen LogP contribution in [0.3, 0.4) is 0 Å². The van der Waals surface area contributed by atoms with Crippen molar-refractivity contribution in [2.45, 2.75) is 0 Å². The van der Waals surface area contributed by atoms with E-state index >= 15 is 0 Å². The lowest BCUT2D eigenvalue weighted by Crippen LogP contribution is -1.90. The molecule has 0 radical (unpaired) electrons. The van der Waals surface area contributed by atoms with E-state index in [-0.39, 0.29) is 0 Å². The summed E-state index contributed by atoms with van der Waals surface area (Å²) in [7, 11) is 1.55. The highest BCUT2D eigenvalue weighted by atomic mass is 127. The van der Waals surface area contributed by atoms with Gasteiger partial charge in [-0.25, -0.2) is 4.98 Å². The molecule has 0 saturated heterocycles. The van der Waals surface area contributed by atoms with Gasteiger partial charge in [0.2, 0.25) is 0 Å². The van der Waals surface area contributed by atoms with Gasteiger partial charge in [-0.3, -0.25) is 0 Å². The van der Waals surface area contributed by atoms with Gasteiger partial charge >= 0.3 is 6.01 Å². The summed E-state index contributed by atoms with van der Waals surface area (Å²) >= 11 is 2.23. The van der Waals surface area contributed by atoms with Crippen LogP contribution in [-0.4, -0.2) is 22.1 Å². The largest absolute Gasteiger partial charge is 0.467 e. The van der Waals surface area contributed by atoms with Gasteiger partial charge in [0.1, 0.15) is 5.65 Å². The molecule has 0 aliphatic carbocycles. The fraction of sp³-hybridized carbons (Fsp3) is 0.143. The number of aromatic nitrogens is 3. The minimum Gasteiger partial charge on any atom is -0.467 e. The van der Waals surface area contributed by atoms with Crippen LogP contribution in [-0.2, 0) is 0 Å². The van der Waals surface area contributed by atoms with Crippen molar-refractivity contribution in [3.63, 3.8) is 0 Å². The van der Waals surface area contributed by atoms with Gasteiger partial charge in [-0.2, -0.15) is 4.98 Å². The Hall–Kier alpha value is -0.850. The number of fused-ring (bicyclic) bond motifs is 1. The first-order chi connectivity index (χ1) is 5.81. The van der Waals surface area contributed by atoms with Gasteiger partial charge in [-0.15, -0.1) is 0 Å². The highest BCUT2D eigenvalue weighted by molar-refractivity contribution is 14.1. The zero-order valence-corrected chi connectivity index (χ0v) is 8.49. The average molecular weight is 275 g/mol. The lowest BCUT2D eigenvalue weighted by Gasteiger charge is -1.95. The van der Waals surface area contributed by atoms with Crippen molar-refractivity contribution in [1.29, 1.82) is 0 Å². The molecule has 0 fully saturated rings. The quantitative estimate of drug-likeness (QED) is 0.804. The van der Waals surface area contributed by atoms with Gasteiger partial charge in [-0.1, -0.05) is 0 Å². The summed E-state index contributed by atoms with van der Waals surface area (Å²) < 4.78 is 6.00. The molecule has 0 saturated carbocycles. The summed E-state index contributed by atoms with van der Waals surface area (Å²) in [5.41, 5.74) is 0.811. The maximum absolute atomic E-state index is 4.89. The molecule has 0 amide bonds. The molecule has 5 heteroatoms. The van der Waals surface area contributed by atoms with Gasteiger partial charge < -0.3 is 9.72 Å². The third-order valence-electron chi connectivity index (χ3n) is 1.54. The number of methoxy groups -OCH3 is 1. The van der Waals surface area contributed by atoms with Gasteiger partial charge in [0.25, 0.3) is 0 Å². The molecular formula is C7H6IN3O. The zero-order chi connectivity index (χ0) is 8.55. The molecule has 0 unspecified atom stereocenters. The van der Waals surface area contributed by atoms with Crippen LogP contribution in [0.15, 0.2) is 12.4 Å². The molecule has 0 atom stereocenters. The number of H-pyrrole nitrogens is 1. The van der Waals surface area contributed by atoms with Crippen LogP contribution < -0.4 is 4.74 Å². The van der Waals surface area contributed by atoms with E-state index in [4.69, 9.17) is 4.74 Å². The first-order valence-electron chi connectivity index (χ1n) is 3.35. The monoisotopic (exact) mass is 275 g/mol. The van der Waals surface area contributed by atoms with E-state index in [1.807, 2.05) is 6.20 Å². The lowest BCUT2D eigenvalue weighted by molar-refractivity contribution is 0.381. The summed E-state index contributed by atoms with van der Waals surface area (Å²) in [5.74, 6) is 0. The van der Waals surface area contributed by atoms with E-state index in [1.54, 1.807) is 13.3 Å². The molecule has 0 aliphatic rings. The highest BCUT2D eigenvalue weighted by Gasteiger charge is 2.03. The molecule has 2 heterocycles. The number of hydrogen-bond acceptors (Lipinski definition) is 3. The van der Waals surface area contributed by atoms with Crippen molar-refractivity contribution in [2.24, 2.45) is 0 Å². The van der Waals surface area contributed by atoms with Crippen molar-refractivity contribution in [3.8, 4) is 6.01 Å². The third-order valence-corrected chi connectivity index (χ3v) is 2.43. The Morgan fingerprint density at radius 2 is 2.42 bits per heavy atom. The van der Waals surface area contributed by atoms with Crippen molar-refractivity contribution in [2.75, 3.05) is 7.11 Å². The molecule has 1 N–H and O–H groups in total. The number of ether oxygens (including phenoxy) is 1. The van der Waals surface area contributed by atoms with Crippen LogP contribution in [0.5, 0.6) is 6.01 Å². The molecule has 4 nitrogen and oxygen atoms in total. The maximum atomic E-state index is 4.89. The average Bonchev–Trinajstić information content (AvgIpc) is 2.47. The van der Waals surface area contributed by atoms with Gasteiger partial charge in [0.15, 0.2) is 0 Å². The normalized spacial score (nSPS) is 10.5. The standard InChI is InChI=1S/C7H6IN3O/c1-12-7-10-2-4-5(8)3-9-6(4)11-7/h2-3H,1H3,(H,9,10,11). The summed E-state index contributed by atoms with van der Waals surface area (Å²) in [5, 5.41) is 1.02. The van der Waals surface area contributed by atoms with Gasteiger partial charge in [0.05, 0.1) is 12.5 Å². The molecule has 0 aliphatic heterocycles. The molecule has 2 rings (SSSR count). The zero-order valence-electron chi connectivity index (χ0n) is 6.34. The number of nitrogens with one attached hydrogen (secondary N) is 1. The van der Waals surface area contributed by atoms with Crippen LogP contribution in [0.4, 0.5) is 0 Å². The molecule has 0 bridgehead atoms. The molecule has 12 heavy (non-hydrogen) atoms. The number of nitrogens with zero attached hydrogens (tertiary/aromatic N) is 2. The minimum absolute atomic E-state index is 0.390. The van der Waals surface area contributed by atoms with Crippen LogP contribution in [0, 0.1) is 3.57 Å². The Bertz CT molecular complexity index is 412. The van der Waals surface area contributed by atoms with E-state index in [2.05, 4.69) is 37.5 Å². The molecular weight excluding hydrogens is 269 g/mol. The van der Waals surface area contributed by atoms with Crippen molar-refractivity contribution in [3.05, 3.63) is 16.0 Å². The third kappa shape index (κ3) is 1.13. The Balaban J connectivity index is 2.69. The Morgan fingerprint density at radius 3 is 3.17 bits per heavy atom. The Morgan fingerprint density at radius 1 is 1.58 bits per heavy atom. The molecule has 2 aromatic rings. The first kappa shape index (κ1) is 7.78. The van der Waals surface area contributed by atoms with Crippen LogP contribution in [0.2, 0.25) is 0 Å². The highest BCUT2D eigenvalue weighted by Crippen LogP contribution is 2.18. The summed E-state index contributed by atoms with van der Waals surface area (Å²) in [6.45, 7) is 0. The van der Waals surface area contributed by atoms with Crippen LogP contribution in [0.25, 0.3) is 11.0 Å². The van der Waals surface area contributed by atoms with E-state index in [9.17, 15) is 0 Å². The second kappa shape index (κ2) is 2.89. The number of halogens is 1. The fourth-order valence-corrected chi connectivity index (χ4v) is 1.51. The summed E-state index contributed by atoms with van der Waals surface area (Å²) in [6, 6.07) is 0.390. The van der Waals surface area contributed by atoms with Crippen molar-refractivity contribution >= 4 is 33.6 Å². The molecule has 2 aromatic heterocycles. The molecule has 0 aromatic carbocycles. The summed E-state index contributed by atoms with van der Waals surface area (Å²) in [6.07, 6.45) is 3.64. The predicted octanol–water partition coefficient (Wildman–Crippen LogP) is 1.57. The molecule has 0 spiro atoms. The van der Waals surface area contributed by atoms with Crippen LogP contribution >= 0.6 is 22.6 Å². The Kier molecular flexibility index (Phi) is 1.87. The van der Waals surface area contributed by atoms with E-state index in [0.29, 0.717) is 6.01 Å². The van der Waals surface area contributed by atoms with Gasteiger partial charge in [-0.05, 0) is 22.6 Å². The SMILES string of the molecule is COc1ncc2c(I)c[nH]c2n1. The minimum atomic E-state index is 0.390. The lowest BCUT2D eigenvalue weighted by atomic mass is 10.4. The Labute approximate surface area is 82.5 Å². The van der Waals surface area contributed by atoms with E-state index in [1.165, 1.54) is 0 Å². The maximum Gasteiger partial charge on any atom is 0.318 e. The first-order valence-corrected chi connectivity index (χ1v) is 4.43. The van der Waals surface area contributed by atoms with E-state index < -0.39 is 0 Å². The van der Waals surface area contributed by atoms with Crippen LogP contribution in [0.1, 0.15) is 0 Å². The topological polar surface area (TPSA) is 50.8 Å². The second-order valence-electron chi connectivity index (χ2n) is 2.26. The number of hydrogen-bond donors (Lipinski definition) is 1. The summed E-state index contributed by atoms with van der Waals surface area (Å²) in [4.78, 5) is 11.1.